The van der Waals surface area contributed by atoms with Gasteiger partial charge >= 0.3 is 0 Å². The monoisotopic (exact) mass is 379 g/mol. The van der Waals surface area contributed by atoms with Gasteiger partial charge in [-0.3, -0.25) is 9.20 Å². The van der Waals surface area contributed by atoms with Crippen LogP contribution in [0.4, 0.5) is 0 Å². The van der Waals surface area contributed by atoms with Gasteiger partial charge in [0, 0.05) is 24.2 Å². The molecule has 1 aliphatic rings. The van der Waals surface area contributed by atoms with Gasteiger partial charge in [0.15, 0.2) is 11.3 Å². The summed E-state index contributed by atoms with van der Waals surface area (Å²) in [5, 5.41) is 15.7. The van der Waals surface area contributed by atoms with Crippen LogP contribution in [0.3, 0.4) is 0 Å². The highest BCUT2D eigenvalue weighted by Crippen LogP contribution is 2.41. The van der Waals surface area contributed by atoms with Crippen LogP contribution in [0.25, 0.3) is 16.8 Å². The second kappa shape index (κ2) is 6.43. The third kappa shape index (κ3) is 2.65. The number of rotatable bonds is 4. The summed E-state index contributed by atoms with van der Waals surface area (Å²) in [4.78, 5) is 20.0. The van der Waals surface area contributed by atoms with E-state index in [1.54, 1.807) is 19.2 Å². The molecule has 4 aromatic heterocycles. The van der Waals surface area contributed by atoms with Gasteiger partial charge in [0.05, 0.1) is 17.4 Å². The smallest absolute Gasteiger partial charge is 0.290 e. The molecule has 2 N–H and O–H groups in total. The predicted molar refractivity (Wildman–Crippen MR) is 101 cm³/mol. The number of hydrogen-bond acceptors (Lipinski definition) is 6. The number of nitrogens with zero attached hydrogens (tertiary/aromatic N) is 5. The zero-order valence-corrected chi connectivity index (χ0v) is 15.7. The average Bonchev–Trinajstić information content (AvgIpc) is 3.45. The van der Waals surface area contributed by atoms with E-state index in [0.29, 0.717) is 11.6 Å². The zero-order chi connectivity index (χ0) is 19.3. The second-order valence-corrected chi connectivity index (χ2v) is 7.47. The molecular formula is C19H21N7O2. The van der Waals surface area contributed by atoms with Crippen LogP contribution in [0.15, 0.2) is 29.0 Å². The number of hydrogen-bond donors (Lipinski definition) is 2. The van der Waals surface area contributed by atoms with Gasteiger partial charge in [0.1, 0.15) is 5.82 Å². The van der Waals surface area contributed by atoms with Crippen LogP contribution in [0.5, 0.6) is 0 Å². The second-order valence-electron chi connectivity index (χ2n) is 7.47. The van der Waals surface area contributed by atoms with Crippen LogP contribution in [0, 0.1) is 12.8 Å². The molecule has 3 atom stereocenters. The third-order valence-corrected chi connectivity index (χ3v) is 5.70. The lowest BCUT2D eigenvalue weighted by Gasteiger charge is -2.15. The summed E-state index contributed by atoms with van der Waals surface area (Å²) in [6, 6.07) is 3.70. The number of carbonyl (C=O) groups is 1. The van der Waals surface area contributed by atoms with Crippen molar-refractivity contribution in [2.45, 2.75) is 45.1 Å². The van der Waals surface area contributed by atoms with Gasteiger partial charge < -0.3 is 14.8 Å². The Balaban J connectivity index is 1.44. The van der Waals surface area contributed by atoms with Crippen LogP contribution >= 0.6 is 0 Å². The number of H-pyrrole nitrogens is 1. The van der Waals surface area contributed by atoms with Crippen molar-refractivity contribution in [2.75, 3.05) is 0 Å². The van der Waals surface area contributed by atoms with Gasteiger partial charge in [-0.2, -0.15) is 0 Å². The molecule has 28 heavy (non-hydrogen) atoms. The molecule has 0 aromatic carbocycles. The van der Waals surface area contributed by atoms with Gasteiger partial charge in [0.25, 0.3) is 5.91 Å². The summed E-state index contributed by atoms with van der Waals surface area (Å²) in [6.45, 7) is 3.98. The predicted octanol–water partition coefficient (Wildman–Crippen LogP) is 2.60. The van der Waals surface area contributed by atoms with Gasteiger partial charge in [-0.05, 0) is 31.7 Å². The molecule has 5 rings (SSSR count). The highest BCUT2D eigenvalue weighted by molar-refractivity contribution is 5.91. The summed E-state index contributed by atoms with van der Waals surface area (Å²) in [6.07, 6.45) is 6.32. The van der Waals surface area contributed by atoms with Crippen molar-refractivity contribution in [3.8, 4) is 0 Å². The number of aromatic amines is 1. The van der Waals surface area contributed by atoms with E-state index in [-0.39, 0.29) is 23.6 Å². The van der Waals surface area contributed by atoms with Crippen molar-refractivity contribution >= 4 is 22.7 Å². The van der Waals surface area contributed by atoms with E-state index in [0.717, 1.165) is 41.9 Å². The molecule has 0 unspecified atom stereocenters. The topological polar surface area (TPSA) is 114 Å². The number of amides is 1. The minimum Gasteiger partial charge on any atom is -0.351 e. The Morgan fingerprint density at radius 2 is 2.29 bits per heavy atom. The fourth-order valence-electron chi connectivity index (χ4n) is 4.38. The Hall–Kier alpha value is -3.23. The van der Waals surface area contributed by atoms with Crippen LogP contribution in [-0.2, 0) is 0 Å². The van der Waals surface area contributed by atoms with E-state index in [4.69, 9.17) is 4.52 Å². The van der Waals surface area contributed by atoms with Gasteiger partial charge in [-0.1, -0.05) is 18.5 Å². The molecule has 4 aromatic rings. The van der Waals surface area contributed by atoms with Crippen molar-refractivity contribution in [3.63, 3.8) is 0 Å². The lowest BCUT2D eigenvalue weighted by Crippen LogP contribution is -2.32. The molecule has 1 saturated carbocycles. The lowest BCUT2D eigenvalue weighted by molar-refractivity contribution is 0.0899. The zero-order valence-electron chi connectivity index (χ0n) is 15.7. The maximum absolute atomic E-state index is 12.5. The molecule has 0 spiro atoms. The van der Waals surface area contributed by atoms with Gasteiger partial charge in [-0.25, -0.2) is 4.98 Å². The van der Waals surface area contributed by atoms with E-state index in [1.165, 1.54) is 0 Å². The number of aromatic nitrogens is 6. The van der Waals surface area contributed by atoms with Crippen LogP contribution in [0.2, 0.25) is 0 Å². The molecule has 144 valence electrons. The minimum atomic E-state index is -0.218. The standard InChI is InChI=1S/C19H21N7O2/c1-3-11-7-12(22-19(27)15-6-10(2)25-28-15)8-13(11)18-24-23-16-9-21-17-14(26(16)18)4-5-20-17/h4-6,9,11-13,20H,3,7-8H2,1-2H3,(H,22,27)/t11-,12+,13+/m1/s1. The molecule has 1 amide bonds. The first kappa shape index (κ1) is 16.9. The summed E-state index contributed by atoms with van der Waals surface area (Å²) in [5.74, 6) is 1.59. The Morgan fingerprint density at radius 3 is 3.07 bits per heavy atom. The largest absolute Gasteiger partial charge is 0.351 e. The fourth-order valence-corrected chi connectivity index (χ4v) is 4.38. The Kier molecular flexibility index (Phi) is 3.88. The first-order valence-corrected chi connectivity index (χ1v) is 9.55. The number of fused-ring (bicyclic) bond motifs is 3. The van der Waals surface area contributed by atoms with E-state index < -0.39 is 0 Å². The molecule has 0 aliphatic heterocycles. The van der Waals surface area contributed by atoms with E-state index in [2.05, 4.69) is 42.0 Å². The maximum atomic E-state index is 12.5. The Morgan fingerprint density at radius 1 is 1.39 bits per heavy atom. The number of aryl methyl sites for hydroxylation is 1. The van der Waals surface area contributed by atoms with E-state index in [1.807, 2.05) is 12.3 Å². The molecule has 0 saturated heterocycles. The third-order valence-electron chi connectivity index (χ3n) is 5.70. The minimum absolute atomic E-state index is 0.0590. The first-order chi connectivity index (χ1) is 13.6. The molecule has 1 aliphatic carbocycles. The molecule has 0 bridgehead atoms. The summed E-state index contributed by atoms with van der Waals surface area (Å²) in [7, 11) is 0. The van der Waals surface area contributed by atoms with Crippen molar-refractivity contribution in [1.82, 2.24) is 35.0 Å². The van der Waals surface area contributed by atoms with Gasteiger partial charge in [-0.15, -0.1) is 10.2 Å². The molecule has 9 nitrogen and oxygen atoms in total. The van der Waals surface area contributed by atoms with E-state index in [9.17, 15) is 4.79 Å². The normalized spacial score (nSPS) is 22.3. The molecule has 0 radical (unpaired) electrons. The fraction of sp³-hybridized carbons (Fsp3) is 0.421. The molecule has 4 heterocycles. The van der Waals surface area contributed by atoms with E-state index >= 15 is 0 Å². The SMILES string of the molecule is CC[C@@H]1C[C@H](NC(=O)c2cc(C)no2)C[C@@H]1c1nnc2cnc3[nH]ccc3n12. The quantitative estimate of drug-likeness (QED) is 0.563. The van der Waals surface area contributed by atoms with Crippen LogP contribution < -0.4 is 5.32 Å². The Labute approximate surface area is 160 Å². The van der Waals surface area contributed by atoms with Crippen LogP contribution in [0.1, 0.15) is 54.2 Å². The highest BCUT2D eigenvalue weighted by Gasteiger charge is 2.38. The average molecular weight is 379 g/mol. The summed E-state index contributed by atoms with van der Waals surface area (Å²) in [5.41, 5.74) is 3.21. The number of nitrogens with one attached hydrogen (secondary N) is 2. The Bertz CT molecular complexity index is 1160. The molecule has 1 fully saturated rings. The van der Waals surface area contributed by atoms with Crippen molar-refractivity contribution in [1.29, 1.82) is 0 Å². The first-order valence-electron chi connectivity index (χ1n) is 9.55. The lowest BCUT2D eigenvalue weighted by atomic mass is 9.93. The van der Waals surface area contributed by atoms with Crippen molar-refractivity contribution < 1.29 is 9.32 Å². The summed E-state index contributed by atoms with van der Waals surface area (Å²) < 4.78 is 7.17. The maximum Gasteiger partial charge on any atom is 0.290 e. The van der Waals surface area contributed by atoms with Crippen molar-refractivity contribution in [3.05, 3.63) is 41.8 Å². The van der Waals surface area contributed by atoms with Crippen LogP contribution in [-0.4, -0.2) is 41.7 Å². The van der Waals surface area contributed by atoms with Gasteiger partial charge in [0.2, 0.25) is 5.76 Å². The highest BCUT2D eigenvalue weighted by atomic mass is 16.5. The number of carbonyl (C=O) groups excluding carboxylic acids is 1. The van der Waals surface area contributed by atoms with Crippen molar-refractivity contribution in [2.24, 2.45) is 5.92 Å². The molecule has 9 heteroatoms. The molecular weight excluding hydrogens is 358 g/mol. The summed E-state index contributed by atoms with van der Waals surface area (Å²) >= 11 is 0.